The molecule has 1 saturated heterocycles. The van der Waals surface area contributed by atoms with Gasteiger partial charge in [-0.05, 0) is 56.9 Å². The number of nitrogens with zero attached hydrogens (tertiary/aromatic N) is 1. The Morgan fingerprint density at radius 1 is 1.14 bits per heavy atom. The Hall–Kier alpha value is -1.64. The van der Waals surface area contributed by atoms with Crippen LogP contribution < -0.4 is 10.1 Å². The molecule has 1 aliphatic carbocycles. The second kappa shape index (κ2) is 10.4. The van der Waals surface area contributed by atoms with Crippen LogP contribution in [0.15, 0.2) is 29.2 Å². The van der Waals surface area contributed by atoms with E-state index in [1.165, 1.54) is 4.31 Å². The van der Waals surface area contributed by atoms with Crippen molar-refractivity contribution in [1.29, 1.82) is 0 Å². The summed E-state index contributed by atoms with van der Waals surface area (Å²) in [4.78, 5) is 12.8. The van der Waals surface area contributed by atoms with E-state index in [0.29, 0.717) is 18.9 Å². The quantitative estimate of drug-likeness (QED) is 0.659. The van der Waals surface area contributed by atoms with Crippen molar-refractivity contribution in [2.24, 2.45) is 0 Å². The molecule has 1 N–H and O–H groups in total. The third kappa shape index (κ3) is 5.93. The Labute approximate surface area is 173 Å². The number of carbonyl (C=O) groups excluding carboxylic acids is 1. The number of amides is 1. The average Bonchev–Trinajstić information content (AvgIpc) is 3.25. The van der Waals surface area contributed by atoms with E-state index < -0.39 is 10.0 Å². The highest BCUT2D eigenvalue weighted by Crippen LogP contribution is 2.28. The standard InChI is InChI=1S/C21H32N2O5S/c1-2-27-18-10-12-20(13-11-18)29(25,26)23(17-7-4-3-5-8-17)16-21(24)22-15-19-9-6-14-28-19/h10-13,17,19H,2-9,14-16H2,1H3,(H,22,24)/t19-/m0/s1. The van der Waals surface area contributed by atoms with Gasteiger partial charge in [0, 0.05) is 19.2 Å². The summed E-state index contributed by atoms with van der Waals surface area (Å²) in [5, 5.41) is 2.85. The van der Waals surface area contributed by atoms with Crippen molar-refractivity contribution >= 4 is 15.9 Å². The van der Waals surface area contributed by atoms with Gasteiger partial charge in [0.2, 0.25) is 15.9 Å². The number of hydrogen-bond acceptors (Lipinski definition) is 5. The first-order valence-electron chi connectivity index (χ1n) is 10.6. The van der Waals surface area contributed by atoms with Crippen molar-refractivity contribution in [2.75, 3.05) is 26.3 Å². The maximum absolute atomic E-state index is 13.4. The fourth-order valence-electron chi connectivity index (χ4n) is 4.02. The zero-order valence-electron chi connectivity index (χ0n) is 17.1. The van der Waals surface area contributed by atoms with Gasteiger partial charge < -0.3 is 14.8 Å². The van der Waals surface area contributed by atoms with Crippen molar-refractivity contribution < 1.29 is 22.7 Å². The molecule has 7 nitrogen and oxygen atoms in total. The number of sulfonamides is 1. The zero-order chi connectivity index (χ0) is 20.7. The van der Waals surface area contributed by atoms with E-state index in [2.05, 4.69) is 5.32 Å². The van der Waals surface area contributed by atoms with Gasteiger partial charge in [0.1, 0.15) is 5.75 Å². The molecule has 1 aliphatic heterocycles. The molecule has 29 heavy (non-hydrogen) atoms. The predicted molar refractivity (Wildman–Crippen MR) is 110 cm³/mol. The number of nitrogens with one attached hydrogen (secondary N) is 1. The highest BCUT2D eigenvalue weighted by molar-refractivity contribution is 7.89. The van der Waals surface area contributed by atoms with E-state index in [0.717, 1.165) is 51.6 Å². The van der Waals surface area contributed by atoms with Crippen molar-refractivity contribution in [3.63, 3.8) is 0 Å². The summed E-state index contributed by atoms with van der Waals surface area (Å²) in [5.41, 5.74) is 0. The zero-order valence-corrected chi connectivity index (χ0v) is 18.0. The third-order valence-electron chi connectivity index (χ3n) is 5.57. The molecule has 0 bridgehead atoms. The minimum atomic E-state index is -3.78. The maximum Gasteiger partial charge on any atom is 0.243 e. The summed E-state index contributed by atoms with van der Waals surface area (Å²) in [7, 11) is -3.78. The van der Waals surface area contributed by atoms with E-state index in [1.54, 1.807) is 24.3 Å². The summed E-state index contributed by atoms with van der Waals surface area (Å²) >= 11 is 0. The third-order valence-corrected chi connectivity index (χ3v) is 7.49. The van der Waals surface area contributed by atoms with Gasteiger partial charge in [0.25, 0.3) is 0 Å². The molecule has 1 atom stereocenters. The molecule has 3 rings (SSSR count). The van der Waals surface area contributed by atoms with Gasteiger partial charge in [0.15, 0.2) is 0 Å². The number of ether oxygens (including phenoxy) is 2. The minimum absolute atomic E-state index is 0.0322. The molecule has 0 unspecified atom stereocenters. The molecule has 0 spiro atoms. The monoisotopic (exact) mass is 424 g/mol. The SMILES string of the molecule is CCOc1ccc(S(=O)(=O)N(CC(=O)NC[C@@H]2CCCO2)C2CCCCC2)cc1. The van der Waals surface area contributed by atoms with Crippen LogP contribution in [0.3, 0.4) is 0 Å². The van der Waals surface area contributed by atoms with Crippen LogP contribution in [-0.2, 0) is 19.6 Å². The van der Waals surface area contributed by atoms with Crippen LogP contribution in [0.2, 0.25) is 0 Å². The van der Waals surface area contributed by atoms with Gasteiger partial charge in [-0.3, -0.25) is 4.79 Å². The molecule has 0 aromatic heterocycles. The van der Waals surface area contributed by atoms with Crippen molar-refractivity contribution in [3.05, 3.63) is 24.3 Å². The lowest BCUT2D eigenvalue weighted by molar-refractivity contribution is -0.122. The van der Waals surface area contributed by atoms with Crippen LogP contribution in [-0.4, -0.2) is 57.1 Å². The molecular formula is C21H32N2O5S. The van der Waals surface area contributed by atoms with E-state index in [4.69, 9.17) is 9.47 Å². The number of hydrogen-bond donors (Lipinski definition) is 1. The molecule has 2 fully saturated rings. The number of benzene rings is 1. The first-order chi connectivity index (χ1) is 14.0. The van der Waals surface area contributed by atoms with Crippen LogP contribution in [0.5, 0.6) is 5.75 Å². The highest BCUT2D eigenvalue weighted by Gasteiger charge is 2.34. The molecule has 0 radical (unpaired) electrons. The Morgan fingerprint density at radius 2 is 1.86 bits per heavy atom. The Kier molecular flexibility index (Phi) is 7.91. The van der Waals surface area contributed by atoms with Crippen LogP contribution in [0.1, 0.15) is 51.9 Å². The average molecular weight is 425 g/mol. The molecular weight excluding hydrogens is 392 g/mol. The summed E-state index contributed by atoms with van der Waals surface area (Å²) in [6, 6.07) is 6.29. The fourth-order valence-corrected chi connectivity index (χ4v) is 5.66. The van der Waals surface area contributed by atoms with Crippen LogP contribution in [0, 0.1) is 0 Å². The summed E-state index contributed by atoms with van der Waals surface area (Å²) in [6.45, 7) is 3.39. The molecule has 1 amide bonds. The molecule has 1 aromatic carbocycles. The Morgan fingerprint density at radius 3 is 2.48 bits per heavy atom. The molecule has 1 aromatic rings. The van der Waals surface area contributed by atoms with Crippen molar-refractivity contribution in [3.8, 4) is 5.75 Å². The lowest BCUT2D eigenvalue weighted by atomic mass is 9.95. The fraction of sp³-hybridized carbons (Fsp3) is 0.667. The molecule has 1 saturated carbocycles. The van der Waals surface area contributed by atoms with Gasteiger partial charge in [-0.15, -0.1) is 0 Å². The van der Waals surface area contributed by atoms with Crippen molar-refractivity contribution in [1.82, 2.24) is 9.62 Å². The molecule has 1 heterocycles. The van der Waals surface area contributed by atoms with Gasteiger partial charge in [-0.2, -0.15) is 4.31 Å². The van der Waals surface area contributed by atoms with E-state index >= 15 is 0 Å². The first kappa shape index (κ1) is 22.1. The van der Waals surface area contributed by atoms with E-state index in [-0.39, 0.29) is 29.5 Å². The lowest BCUT2D eigenvalue weighted by Crippen LogP contribution is -2.47. The van der Waals surface area contributed by atoms with E-state index in [1.807, 2.05) is 6.92 Å². The number of carbonyl (C=O) groups is 1. The summed E-state index contributed by atoms with van der Waals surface area (Å²) in [6.07, 6.45) is 6.61. The molecule has 162 valence electrons. The molecule has 2 aliphatic rings. The summed E-state index contributed by atoms with van der Waals surface area (Å²) in [5.74, 6) is 0.352. The predicted octanol–water partition coefficient (Wildman–Crippen LogP) is 2.70. The second-order valence-corrected chi connectivity index (χ2v) is 9.58. The smallest absolute Gasteiger partial charge is 0.243 e. The van der Waals surface area contributed by atoms with Gasteiger partial charge in [0.05, 0.1) is 24.2 Å². The number of rotatable bonds is 9. The Bertz CT molecular complexity index is 754. The Balaban J connectivity index is 1.73. The van der Waals surface area contributed by atoms with E-state index in [9.17, 15) is 13.2 Å². The van der Waals surface area contributed by atoms with Gasteiger partial charge in [-0.1, -0.05) is 19.3 Å². The van der Waals surface area contributed by atoms with Crippen LogP contribution >= 0.6 is 0 Å². The summed E-state index contributed by atoms with van der Waals surface area (Å²) < 4.78 is 39.1. The highest BCUT2D eigenvalue weighted by atomic mass is 32.2. The first-order valence-corrected chi connectivity index (χ1v) is 12.1. The second-order valence-electron chi connectivity index (χ2n) is 7.69. The maximum atomic E-state index is 13.4. The van der Waals surface area contributed by atoms with Crippen molar-refractivity contribution in [2.45, 2.75) is 68.9 Å². The largest absolute Gasteiger partial charge is 0.494 e. The lowest BCUT2D eigenvalue weighted by Gasteiger charge is -2.33. The normalized spacial score (nSPS) is 20.7. The topological polar surface area (TPSA) is 84.9 Å². The van der Waals surface area contributed by atoms with Gasteiger partial charge in [-0.25, -0.2) is 8.42 Å². The van der Waals surface area contributed by atoms with Crippen LogP contribution in [0.4, 0.5) is 0 Å². The van der Waals surface area contributed by atoms with Crippen LogP contribution in [0.25, 0.3) is 0 Å². The van der Waals surface area contributed by atoms with Gasteiger partial charge >= 0.3 is 0 Å². The minimum Gasteiger partial charge on any atom is -0.494 e. The molecule has 8 heteroatoms.